The third-order valence-corrected chi connectivity index (χ3v) is 4.37. The number of rotatable bonds is 2. The number of methoxy groups -OCH3 is 1. The number of fused-ring (bicyclic) bond motifs is 1. The molecule has 0 saturated heterocycles. The third-order valence-electron chi connectivity index (χ3n) is 4.37. The van der Waals surface area contributed by atoms with E-state index in [1.54, 1.807) is 41.3 Å². The second kappa shape index (κ2) is 7.30. The molecule has 0 N–H and O–H groups in total. The van der Waals surface area contributed by atoms with Crippen molar-refractivity contribution >= 4 is 23.3 Å². The molecule has 0 aliphatic carbocycles. The zero-order valence-corrected chi connectivity index (χ0v) is 14.4. The Balaban J connectivity index is 2.14. The van der Waals surface area contributed by atoms with Crippen LogP contribution in [0.5, 0.6) is 0 Å². The van der Waals surface area contributed by atoms with Gasteiger partial charge >= 0.3 is 18.1 Å². The zero-order chi connectivity index (χ0) is 19.6. The second-order valence-electron chi connectivity index (χ2n) is 6.06. The maximum absolute atomic E-state index is 13.3. The highest BCUT2D eigenvalue weighted by Crippen LogP contribution is 2.34. The molecule has 0 fully saturated rings. The highest BCUT2D eigenvalue weighted by molar-refractivity contribution is 6.03. The second-order valence-corrected chi connectivity index (χ2v) is 6.06. The predicted octanol–water partition coefficient (Wildman–Crippen LogP) is 3.14. The van der Waals surface area contributed by atoms with Gasteiger partial charge in [0.05, 0.1) is 12.8 Å². The van der Waals surface area contributed by atoms with Crippen LogP contribution >= 0.6 is 0 Å². The summed E-state index contributed by atoms with van der Waals surface area (Å²) in [6, 6.07) is 13.8. The summed E-state index contributed by atoms with van der Waals surface area (Å²) in [5, 5.41) is 0. The smallest absolute Gasteiger partial charge is 0.467 e. The Hall–Kier alpha value is -3.03. The summed E-state index contributed by atoms with van der Waals surface area (Å²) in [6.07, 6.45) is -5.12. The molecule has 3 rings (SSSR count). The zero-order valence-electron chi connectivity index (χ0n) is 14.4. The van der Waals surface area contributed by atoms with Gasteiger partial charge in [-0.15, -0.1) is 0 Å². The molecule has 1 unspecified atom stereocenters. The molecular weight excluding hydrogens is 361 g/mol. The molecular formula is C19H17F3N2O3. The Morgan fingerprint density at radius 1 is 1.04 bits per heavy atom. The Morgan fingerprint density at radius 3 is 2.30 bits per heavy atom. The van der Waals surface area contributed by atoms with E-state index in [9.17, 15) is 22.8 Å². The van der Waals surface area contributed by atoms with Gasteiger partial charge in [-0.2, -0.15) is 13.2 Å². The monoisotopic (exact) mass is 378 g/mol. The average Bonchev–Trinajstić information content (AvgIpc) is 2.83. The van der Waals surface area contributed by atoms with E-state index in [4.69, 9.17) is 4.74 Å². The van der Waals surface area contributed by atoms with E-state index in [-0.39, 0.29) is 18.8 Å². The molecule has 0 aromatic heterocycles. The van der Waals surface area contributed by atoms with Crippen LogP contribution in [0.4, 0.5) is 24.5 Å². The molecule has 1 atom stereocenters. The summed E-state index contributed by atoms with van der Waals surface area (Å²) in [5.74, 6) is -3.01. The maximum Gasteiger partial charge on any atom is 0.471 e. The number of alkyl halides is 3. The number of carbonyl (C=O) groups excluding carboxylic acids is 2. The highest BCUT2D eigenvalue weighted by atomic mass is 19.4. The number of esters is 1. The van der Waals surface area contributed by atoms with Gasteiger partial charge in [-0.3, -0.25) is 9.69 Å². The van der Waals surface area contributed by atoms with Gasteiger partial charge in [0, 0.05) is 18.8 Å². The van der Waals surface area contributed by atoms with Crippen LogP contribution in [0.2, 0.25) is 0 Å². The van der Waals surface area contributed by atoms with Crippen LogP contribution in [-0.2, 0) is 20.9 Å². The molecule has 0 radical (unpaired) electrons. The Kier molecular flexibility index (Phi) is 5.07. The number of benzene rings is 2. The number of nitrogens with zero attached hydrogens (tertiary/aromatic N) is 2. The Labute approximate surface area is 153 Å². The first-order valence-corrected chi connectivity index (χ1v) is 8.19. The minimum absolute atomic E-state index is 0.0497. The number of hydrogen-bond donors (Lipinski definition) is 0. The first-order valence-electron chi connectivity index (χ1n) is 8.19. The van der Waals surface area contributed by atoms with E-state index in [1.807, 2.05) is 6.07 Å². The largest absolute Gasteiger partial charge is 0.471 e. The molecule has 5 nitrogen and oxygen atoms in total. The number of amides is 1. The molecule has 0 bridgehead atoms. The normalized spacial score (nSPS) is 17.1. The summed E-state index contributed by atoms with van der Waals surface area (Å²) in [4.78, 5) is 26.8. The quantitative estimate of drug-likeness (QED) is 0.754. The van der Waals surface area contributed by atoms with Crippen LogP contribution in [-0.4, -0.2) is 37.7 Å². The van der Waals surface area contributed by atoms with Crippen LogP contribution in [0.15, 0.2) is 54.6 Å². The molecule has 8 heteroatoms. The fourth-order valence-corrected chi connectivity index (χ4v) is 3.15. The van der Waals surface area contributed by atoms with Gasteiger partial charge in [0.15, 0.2) is 6.04 Å². The molecule has 27 heavy (non-hydrogen) atoms. The topological polar surface area (TPSA) is 49.9 Å². The fraction of sp³-hybridized carbons (Fsp3) is 0.263. The summed E-state index contributed by atoms with van der Waals surface area (Å²) < 4.78 is 44.5. The SMILES string of the molecule is COC(=O)C1CN(c2ccccc2)Cc2ccccc2N1C(=O)C(F)(F)F. The maximum atomic E-state index is 13.3. The Bertz CT molecular complexity index is 840. The lowest BCUT2D eigenvalue weighted by Crippen LogP contribution is -2.54. The van der Waals surface area contributed by atoms with Crippen LogP contribution in [0, 0.1) is 0 Å². The number of carbonyl (C=O) groups is 2. The lowest BCUT2D eigenvalue weighted by Gasteiger charge is -2.31. The van der Waals surface area contributed by atoms with Gasteiger partial charge in [0.25, 0.3) is 0 Å². The van der Waals surface area contributed by atoms with Crippen molar-refractivity contribution in [2.24, 2.45) is 0 Å². The molecule has 1 aliphatic rings. The summed E-state index contributed by atoms with van der Waals surface area (Å²) >= 11 is 0. The van der Waals surface area contributed by atoms with Crippen molar-refractivity contribution in [3.63, 3.8) is 0 Å². The first-order chi connectivity index (χ1) is 12.8. The molecule has 2 aromatic carbocycles. The highest BCUT2D eigenvalue weighted by Gasteiger charge is 2.49. The predicted molar refractivity (Wildman–Crippen MR) is 93.3 cm³/mol. The van der Waals surface area contributed by atoms with Gasteiger partial charge in [-0.1, -0.05) is 36.4 Å². The first kappa shape index (κ1) is 18.8. The number of para-hydroxylation sites is 2. The lowest BCUT2D eigenvalue weighted by atomic mass is 10.1. The third kappa shape index (κ3) is 3.74. The molecule has 0 saturated carbocycles. The molecule has 1 aliphatic heterocycles. The van der Waals surface area contributed by atoms with E-state index in [0.29, 0.717) is 10.5 Å². The van der Waals surface area contributed by atoms with Gasteiger partial charge in [0.2, 0.25) is 0 Å². The van der Waals surface area contributed by atoms with Crippen molar-refractivity contribution in [2.45, 2.75) is 18.8 Å². The fourth-order valence-electron chi connectivity index (χ4n) is 3.15. The van der Waals surface area contributed by atoms with Crippen LogP contribution < -0.4 is 9.80 Å². The van der Waals surface area contributed by atoms with Crippen LogP contribution in [0.25, 0.3) is 0 Å². The number of ether oxygens (including phenoxy) is 1. The van der Waals surface area contributed by atoms with E-state index < -0.39 is 24.1 Å². The van der Waals surface area contributed by atoms with Crippen molar-refractivity contribution in [2.75, 3.05) is 23.5 Å². The summed E-state index contributed by atoms with van der Waals surface area (Å²) in [6.45, 7) is 0.114. The standard InChI is InChI=1S/C19H17F3N2O3/c1-27-17(25)16-12-23(14-8-3-2-4-9-14)11-13-7-5-6-10-15(13)24(16)18(26)19(20,21)22/h2-10,16H,11-12H2,1H3. The Morgan fingerprint density at radius 2 is 1.67 bits per heavy atom. The number of halogens is 3. The molecule has 142 valence electrons. The van der Waals surface area contributed by atoms with Crippen molar-refractivity contribution in [3.8, 4) is 0 Å². The molecule has 0 spiro atoms. The van der Waals surface area contributed by atoms with Gasteiger partial charge in [-0.05, 0) is 23.8 Å². The van der Waals surface area contributed by atoms with Crippen molar-refractivity contribution < 1.29 is 27.5 Å². The van der Waals surface area contributed by atoms with E-state index in [0.717, 1.165) is 12.8 Å². The van der Waals surface area contributed by atoms with E-state index in [2.05, 4.69) is 0 Å². The van der Waals surface area contributed by atoms with Crippen molar-refractivity contribution in [1.82, 2.24) is 0 Å². The van der Waals surface area contributed by atoms with Gasteiger partial charge in [0.1, 0.15) is 0 Å². The molecule has 1 amide bonds. The van der Waals surface area contributed by atoms with Gasteiger partial charge in [-0.25, -0.2) is 4.79 Å². The van der Waals surface area contributed by atoms with Crippen molar-refractivity contribution in [3.05, 3.63) is 60.2 Å². The summed E-state index contributed by atoms with van der Waals surface area (Å²) in [5.41, 5.74) is 1.28. The van der Waals surface area contributed by atoms with Crippen molar-refractivity contribution in [1.29, 1.82) is 0 Å². The van der Waals surface area contributed by atoms with Crippen LogP contribution in [0.3, 0.4) is 0 Å². The molecule has 2 aromatic rings. The number of hydrogen-bond acceptors (Lipinski definition) is 4. The minimum Gasteiger partial charge on any atom is -0.467 e. The molecule has 1 heterocycles. The van der Waals surface area contributed by atoms with Gasteiger partial charge < -0.3 is 9.64 Å². The summed E-state index contributed by atoms with van der Waals surface area (Å²) in [7, 11) is 1.09. The number of anilines is 2. The van der Waals surface area contributed by atoms with E-state index >= 15 is 0 Å². The lowest BCUT2D eigenvalue weighted by molar-refractivity contribution is -0.171. The van der Waals surface area contributed by atoms with Crippen LogP contribution in [0.1, 0.15) is 5.56 Å². The minimum atomic E-state index is -5.12. The van der Waals surface area contributed by atoms with E-state index in [1.165, 1.54) is 12.1 Å². The average molecular weight is 378 g/mol.